The van der Waals surface area contributed by atoms with Gasteiger partial charge >= 0.3 is 0 Å². The van der Waals surface area contributed by atoms with Gasteiger partial charge in [0.2, 0.25) is 5.91 Å². The third-order valence-electron chi connectivity index (χ3n) is 6.43. The summed E-state index contributed by atoms with van der Waals surface area (Å²) in [6.45, 7) is 6.05. The number of benzene rings is 2. The van der Waals surface area contributed by atoms with Gasteiger partial charge in [0.1, 0.15) is 5.75 Å². The minimum Gasteiger partial charge on any atom is -0.493 e. The molecule has 2 aliphatic heterocycles. The van der Waals surface area contributed by atoms with E-state index < -0.39 is 5.41 Å². The normalized spacial score (nSPS) is 21.3. The highest BCUT2D eigenvalue weighted by Gasteiger charge is 2.41. The van der Waals surface area contributed by atoms with Gasteiger partial charge in [0, 0.05) is 43.6 Å². The highest BCUT2D eigenvalue weighted by atomic mass is 16.5. The molecule has 170 valence electrons. The zero-order chi connectivity index (χ0) is 22.4. The van der Waals surface area contributed by atoms with Gasteiger partial charge in [-0.1, -0.05) is 35.9 Å². The lowest BCUT2D eigenvalue weighted by Gasteiger charge is -2.43. The number of morpholine rings is 1. The number of likely N-dealkylation sites (tertiary alicyclic amines) is 1. The highest BCUT2D eigenvalue weighted by Crippen LogP contribution is 2.36. The van der Waals surface area contributed by atoms with Crippen molar-refractivity contribution in [1.29, 1.82) is 0 Å². The van der Waals surface area contributed by atoms with E-state index in [9.17, 15) is 9.59 Å². The maximum Gasteiger partial charge on any atom is 0.253 e. The van der Waals surface area contributed by atoms with Crippen LogP contribution in [0.15, 0.2) is 54.6 Å². The number of rotatable bonds is 6. The fraction of sp³-hybridized carbons (Fsp3) is 0.462. The molecule has 0 spiro atoms. The zero-order valence-corrected chi connectivity index (χ0v) is 18.8. The zero-order valence-electron chi connectivity index (χ0n) is 18.8. The number of aryl methyl sites for hydroxylation is 1. The first-order chi connectivity index (χ1) is 15.5. The standard InChI is InChI=1S/C26H32N2O4/c1-21-8-10-22(11-9-21)25(30)28-13-5-12-26(19-28,20-32-23-6-3-2-4-7-23)18-24(29)27-14-16-31-17-15-27/h2-4,6-11H,5,12-20H2,1H3. The molecule has 2 aromatic carbocycles. The average molecular weight is 437 g/mol. The number of hydrogen-bond acceptors (Lipinski definition) is 4. The summed E-state index contributed by atoms with van der Waals surface area (Å²) in [6, 6.07) is 17.4. The molecule has 1 atom stereocenters. The summed E-state index contributed by atoms with van der Waals surface area (Å²) in [5.74, 6) is 0.926. The van der Waals surface area contributed by atoms with Crippen LogP contribution in [0.5, 0.6) is 5.75 Å². The predicted molar refractivity (Wildman–Crippen MR) is 123 cm³/mol. The van der Waals surface area contributed by atoms with Gasteiger partial charge in [-0.2, -0.15) is 0 Å². The Balaban J connectivity index is 1.52. The Labute approximate surface area is 190 Å². The smallest absolute Gasteiger partial charge is 0.253 e. The van der Waals surface area contributed by atoms with Crippen molar-refractivity contribution in [2.45, 2.75) is 26.2 Å². The van der Waals surface area contributed by atoms with Crippen molar-refractivity contribution in [3.63, 3.8) is 0 Å². The molecule has 0 aliphatic carbocycles. The van der Waals surface area contributed by atoms with Gasteiger partial charge < -0.3 is 19.3 Å². The minimum absolute atomic E-state index is 0.0209. The lowest BCUT2D eigenvalue weighted by atomic mass is 9.77. The Kier molecular flexibility index (Phi) is 7.10. The van der Waals surface area contributed by atoms with E-state index in [0.717, 1.165) is 24.2 Å². The van der Waals surface area contributed by atoms with Crippen molar-refractivity contribution in [3.8, 4) is 5.75 Å². The first kappa shape index (κ1) is 22.3. The number of ether oxygens (including phenoxy) is 2. The number of para-hydroxylation sites is 1. The quantitative estimate of drug-likeness (QED) is 0.695. The Hall–Kier alpha value is -2.86. The van der Waals surface area contributed by atoms with Gasteiger partial charge in [-0.25, -0.2) is 0 Å². The second kappa shape index (κ2) is 10.2. The van der Waals surface area contributed by atoms with Gasteiger partial charge in [0.15, 0.2) is 0 Å². The van der Waals surface area contributed by atoms with Crippen LogP contribution in [0.1, 0.15) is 35.2 Å². The monoisotopic (exact) mass is 436 g/mol. The molecule has 0 N–H and O–H groups in total. The molecular weight excluding hydrogens is 404 g/mol. The van der Waals surface area contributed by atoms with E-state index in [1.54, 1.807) is 0 Å². The van der Waals surface area contributed by atoms with Crippen LogP contribution in [0.2, 0.25) is 0 Å². The van der Waals surface area contributed by atoms with E-state index in [1.807, 2.05) is 71.3 Å². The lowest BCUT2D eigenvalue weighted by Crippen LogP contribution is -2.52. The summed E-state index contributed by atoms with van der Waals surface area (Å²) < 4.78 is 11.6. The molecule has 2 amide bonds. The molecule has 32 heavy (non-hydrogen) atoms. The van der Waals surface area contributed by atoms with Crippen LogP contribution in [0.3, 0.4) is 0 Å². The van der Waals surface area contributed by atoms with Crippen molar-refractivity contribution in [1.82, 2.24) is 9.80 Å². The summed E-state index contributed by atoms with van der Waals surface area (Å²) in [4.78, 5) is 30.2. The Bertz CT molecular complexity index is 909. The molecule has 4 rings (SSSR count). The molecule has 6 nitrogen and oxygen atoms in total. The fourth-order valence-corrected chi connectivity index (χ4v) is 4.57. The molecule has 0 bridgehead atoms. The number of piperidine rings is 1. The number of nitrogens with zero attached hydrogens (tertiary/aromatic N) is 2. The Morgan fingerprint density at radius 1 is 0.969 bits per heavy atom. The van der Waals surface area contributed by atoms with Crippen LogP contribution in [0.4, 0.5) is 0 Å². The molecule has 1 unspecified atom stereocenters. The lowest BCUT2D eigenvalue weighted by molar-refractivity contribution is -0.139. The largest absolute Gasteiger partial charge is 0.493 e. The molecule has 0 saturated carbocycles. The van der Waals surface area contributed by atoms with Crippen LogP contribution in [-0.2, 0) is 9.53 Å². The van der Waals surface area contributed by atoms with Gasteiger partial charge in [0.05, 0.1) is 19.8 Å². The maximum absolute atomic E-state index is 13.2. The van der Waals surface area contributed by atoms with Crippen LogP contribution in [-0.4, -0.2) is 67.6 Å². The van der Waals surface area contributed by atoms with E-state index in [2.05, 4.69) is 0 Å². The Morgan fingerprint density at radius 3 is 2.41 bits per heavy atom. The summed E-state index contributed by atoms with van der Waals surface area (Å²) in [5, 5.41) is 0. The van der Waals surface area contributed by atoms with Crippen LogP contribution < -0.4 is 4.74 Å². The van der Waals surface area contributed by atoms with Crippen molar-refractivity contribution >= 4 is 11.8 Å². The van der Waals surface area contributed by atoms with Crippen LogP contribution >= 0.6 is 0 Å². The second-order valence-electron chi connectivity index (χ2n) is 8.97. The molecular formula is C26H32N2O4. The van der Waals surface area contributed by atoms with E-state index in [1.165, 1.54) is 0 Å². The van der Waals surface area contributed by atoms with Gasteiger partial charge in [-0.05, 0) is 44.0 Å². The van der Waals surface area contributed by atoms with E-state index in [4.69, 9.17) is 9.47 Å². The SMILES string of the molecule is Cc1ccc(C(=O)N2CCCC(COc3ccccc3)(CC(=O)N3CCOCC3)C2)cc1. The van der Waals surface area contributed by atoms with Crippen molar-refractivity contribution < 1.29 is 19.1 Å². The van der Waals surface area contributed by atoms with Crippen molar-refractivity contribution in [2.24, 2.45) is 5.41 Å². The number of amides is 2. The molecule has 0 aromatic heterocycles. The fourth-order valence-electron chi connectivity index (χ4n) is 4.57. The summed E-state index contributed by atoms with van der Waals surface area (Å²) in [6.07, 6.45) is 2.08. The van der Waals surface area contributed by atoms with Crippen LogP contribution in [0, 0.1) is 12.3 Å². The number of hydrogen-bond donors (Lipinski definition) is 0. The molecule has 2 fully saturated rings. The Morgan fingerprint density at radius 2 is 1.69 bits per heavy atom. The van der Waals surface area contributed by atoms with Crippen molar-refractivity contribution in [3.05, 3.63) is 65.7 Å². The van der Waals surface area contributed by atoms with E-state index in [-0.39, 0.29) is 11.8 Å². The van der Waals surface area contributed by atoms with Gasteiger partial charge in [-0.15, -0.1) is 0 Å². The average Bonchev–Trinajstić information content (AvgIpc) is 2.84. The van der Waals surface area contributed by atoms with E-state index in [0.29, 0.717) is 58.0 Å². The van der Waals surface area contributed by atoms with Gasteiger partial charge in [0.25, 0.3) is 5.91 Å². The molecule has 2 heterocycles. The van der Waals surface area contributed by atoms with Gasteiger partial charge in [-0.3, -0.25) is 9.59 Å². The number of carbonyl (C=O) groups excluding carboxylic acids is 2. The first-order valence-electron chi connectivity index (χ1n) is 11.4. The molecule has 2 saturated heterocycles. The maximum atomic E-state index is 13.2. The molecule has 6 heteroatoms. The highest BCUT2D eigenvalue weighted by molar-refractivity contribution is 5.94. The van der Waals surface area contributed by atoms with Crippen LogP contribution in [0.25, 0.3) is 0 Å². The third-order valence-corrected chi connectivity index (χ3v) is 6.43. The molecule has 2 aromatic rings. The summed E-state index contributed by atoms with van der Waals surface area (Å²) in [5.41, 5.74) is 1.40. The third kappa shape index (κ3) is 5.49. The minimum atomic E-state index is -0.413. The summed E-state index contributed by atoms with van der Waals surface area (Å²) in [7, 11) is 0. The topological polar surface area (TPSA) is 59.1 Å². The number of carbonyl (C=O) groups is 2. The first-order valence-corrected chi connectivity index (χ1v) is 11.4. The molecule has 0 radical (unpaired) electrons. The van der Waals surface area contributed by atoms with E-state index >= 15 is 0 Å². The van der Waals surface area contributed by atoms with Crippen molar-refractivity contribution in [2.75, 3.05) is 46.0 Å². The summed E-state index contributed by atoms with van der Waals surface area (Å²) >= 11 is 0. The molecule has 2 aliphatic rings. The second-order valence-corrected chi connectivity index (χ2v) is 8.97. The predicted octanol–water partition coefficient (Wildman–Crippen LogP) is 3.55.